The second-order valence-electron chi connectivity index (χ2n) is 3.21. The molecule has 0 amide bonds. The number of hydrogen-bond acceptors (Lipinski definition) is 4. The number of nitrogens with zero attached hydrogens (tertiary/aromatic N) is 2. The number of halogens is 1. The highest BCUT2D eigenvalue weighted by Gasteiger charge is 2.02. The Kier molecular flexibility index (Phi) is 3.46. The van der Waals surface area contributed by atoms with Gasteiger partial charge in [0, 0.05) is 29.9 Å². The van der Waals surface area contributed by atoms with Gasteiger partial charge in [-0.15, -0.1) is 0 Å². The molecule has 0 aliphatic carbocycles. The summed E-state index contributed by atoms with van der Waals surface area (Å²) in [4.78, 5) is 18.5. The van der Waals surface area contributed by atoms with E-state index in [1.54, 1.807) is 12.4 Å². The first kappa shape index (κ1) is 11.0. The Labute approximate surface area is 101 Å². The van der Waals surface area contributed by atoms with Crippen molar-refractivity contribution in [3.63, 3.8) is 0 Å². The molecule has 82 valence electrons. The van der Waals surface area contributed by atoms with E-state index >= 15 is 0 Å². The zero-order valence-corrected chi connectivity index (χ0v) is 9.98. The topological polar surface area (TPSA) is 52.1 Å². The third-order valence-corrected chi connectivity index (χ3v) is 2.74. The fourth-order valence-corrected chi connectivity index (χ4v) is 1.84. The highest BCUT2D eigenvalue weighted by atomic mass is 79.9. The molecule has 0 bridgehead atoms. The molecule has 0 spiro atoms. The van der Waals surface area contributed by atoms with Crippen molar-refractivity contribution in [3.05, 3.63) is 34.7 Å². The molecule has 2 rings (SSSR count). The lowest BCUT2D eigenvalue weighted by Gasteiger charge is -2.03. The van der Waals surface area contributed by atoms with Crippen molar-refractivity contribution in [1.29, 1.82) is 0 Å². The van der Waals surface area contributed by atoms with Gasteiger partial charge >= 0.3 is 0 Å². The molecular formula is C11H9BrN2O2. The van der Waals surface area contributed by atoms with Gasteiger partial charge in [0.2, 0.25) is 0 Å². The lowest BCUT2D eigenvalue weighted by Crippen LogP contribution is -1.99. The number of pyridine rings is 2. The average Bonchev–Trinajstić information content (AvgIpc) is 2.30. The van der Waals surface area contributed by atoms with Gasteiger partial charge in [0.15, 0.2) is 0 Å². The molecule has 5 heteroatoms. The predicted octanol–water partition coefficient (Wildman–Crippen LogP) is 2.11. The van der Waals surface area contributed by atoms with E-state index in [1.165, 1.54) is 0 Å². The summed E-state index contributed by atoms with van der Waals surface area (Å²) in [5.74, 6) is 0. The second-order valence-corrected chi connectivity index (χ2v) is 4.07. The Hall–Kier alpha value is -1.49. The zero-order chi connectivity index (χ0) is 11.4. The molecule has 0 aliphatic heterocycles. The molecule has 2 aromatic rings. The minimum absolute atomic E-state index is 0.352. The molecule has 4 nitrogen and oxygen atoms in total. The summed E-state index contributed by atoms with van der Waals surface area (Å²) >= 11 is 3.40. The molecule has 2 aromatic heterocycles. The third kappa shape index (κ3) is 2.36. The molecule has 0 fully saturated rings. The van der Waals surface area contributed by atoms with Crippen molar-refractivity contribution in [2.24, 2.45) is 0 Å². The van der Waals surface area contributed by atoms with Crippen molar-refractivity contribution in [1.82, 2.24) is 9.97 Å². The first-order chi connectivity index (χ1) is 7.81. The lowest BCUT2D eigenvalue weighted by atomic mass is 10.2. The largest absolute Gasteiger partial charge is 0.467 e. The Balaban J connectivity index is 2.28. The summed E-state index contributed by atoms with van der Waals surface area (Å²) < 4.78 is 5.50. The Morgan fingerprint density at radius 3 is 3.06 bits per heavy atom. The van der Waals surface area contributed by atoms with Crippen LogP contribution in [0.4, 0.5) is 0 Å². The minimum Gasteiger partial charge on any atom is -0.467 e. The van der Waals surface area contributed by atoms with Gasteiger partial charge in [-0.1, -0.05) is 0 Å². The molecule has 16 heavy (non-hydrogen) atoms. The Morgan fingerprint density at radius 2 is 2.25 bits per heavy atom. The molecule has 0 N–H and O–H groups in total. The van der Waals surface area contributed by atoms with E-state index in [1.807, 2.05) is 12.1 Å². The van der Waals surface area contributed by atoms with Crippen LogP contribution in [0.3, 0.4) is 0 Å². The highest BCUT2D eigenvalue weighted by Crippen LogP contribution is 2.20. The lowest BCUT2D eigenvalue weighted by molar-refractivity contribution is -0.128. The maximum atomic E-state index is 10.0. The van der Waals surface area contributed by atoms with E-state index in [2.05, 4.69) is 30.6 Å². The van der Waals surface area contributed by atoms with Crippen LogP contribution >= 0.6 is 15.9 Å². The van der Waals surface area contributed by atoms with Gasteiger partial charge in [0.05, 0.1) is 16.6 Å². The van der Waals surface area contributed by atoms with Crippen molar-refractivity contribution in [2.75, 3.05) is 6.61 Å². The van der Waals surface area contributed by atoms with E-state index < -0.39 is 0 Å². The van der Waals surface area contributed by atoms with Crippen LogP contribution in [0.15, 0.2) is 29.0 Å². The quantitative estimate of drug-likeness (QED) is 0.636. The molecule has 0 aromatic carbocycles. The smallest absolute Gasteiger partial charge is 0.293 e. The maximum Gasteiger partial charge on any atom is 0.293 e. The van der Waals surface area contributed by atoms with Crippen molar-refractivity contribution >= 4 is 33.3 Å². The van der Waals surface area contributed by atoms with E-state index in [-0.39, 0.29) is 0 Å². The summed E-state index contributed by atoms with van der Waals surface area (Å²) in [6, 6.07) is 3.86. The number of rotatable bonds is 4. The van der Waals surface area contributed by atoms with Crippen molar-refractivity contribution in [3.8, 4) is 0 Å². The zero-order valence-electron chi connectivity index (χ0n) is 8.39. The summed E-state index contributed by atoms with van der Waals surface area (Å²) in [7, 11) is 0. The minimum atomic E-state index is 0.352. The van der Waals surface area contributed by atoms with Crippen LogP contribution in [0.25, 0.3) is 10.9 Å². The normalized spacial score (nSPS) is 10.3. The molecular weight excluding hydrogens is 272 g/mol. The maximum absolute atomic E-state index is 10.0. The van der Waals surface area contributed by atoms with Crippen molar-refractivity contribution in [2.45, 2.75) is 6.42 Å². The summed E-state index contributed by atoms with van der Waals surface area (Å²) in [6.45, 7) is 0.797. The van der Waals surface area contributed by atoms with Gasteiger partial charge in [-0.2, -0.15) is 0 Å². The van der Waals surface area contributed by atoms with Crippen molar-refractivity contribution < 1.29 is 9.53 Å². The third-order valence-electron chi connectivity index (χ3n) is 2.16. The number of carbonyl (C=O) groups is 1. The van der Waals surface area contributed by atoms with Crippen LogP contribution < -0.4 is 0 Å². The van der Waals surface area contributed by atoms with Crippen LogP contribution in [0, 0.1) is 0 Å². The van der Waals surface area contributed by atoms with Gasteiger partial charge in [-0.3, -0.25) is 14.8 Å². The first-order valence-corrected chi connectivity index (χ1v) is 5.55. The number of fused-ring (bicyclic) bond motifs is 1. The SMILES string of the molecule is O=COCCc1ccc2cncc(Br)c2n1. The van der Waals surface area contributed by atoms with Crippen LogP contribution in [-0.4, -0.2) is 23.0 Å². The van der Waals surface area contributed by atoms with Crippen LogP contribution in [0.2, 0.25) is 0 Å². The molecule has 0 saturated heterocycles. The molecule has 0 saturated carbocycles. The van der Waals surface area contributed by atoms with E-state index in [0.717, 1.165) is 21.1 Å². The van der Waals surface area contributed by atoms with Crippen LogP contribution in [0.5, 0.6) is 0 Å². The fraction of sp³-hybridized carbons (Fsp3) is 0.182. The van der Waals surface area contributed by atoms with Gasteiger partial charge in [-0.05, 0) is 28.1 Å². The second kappa shape index (κ2) is 5.03. The molecule has 0 atom stereocenters. The monoisotopic (exact) mass is 280 g/mol. The van der Waals surface area contributed by atoms with E-state index in [0.29, 0.717) is 19.5 Å². The van der Waals surface area contributed by atoms with Crippen LogP contribution in [-0.2, 0) is 16.0 Å². The number of ether oxygens (including phenoxy) is 1. The predicted molar refractivity (Wildman–Crippen MR) is 63.0 cm³/mol. The fourth-order valence-electron chi connectivity index (χ4n) is 1.40. The number of aromatic nitrogens is 2. The van der Waals surface area contributed by atoms with Gasteiger partial charge < -0.3 is 4.74 Å². The summed E-state index contributed by atoms with van der Waals surface area (Å²) in [6.07, 6.45) is 4.09. The molecule has 0 radical (unpaired) electrons. The van der Waals surface area contributed by atoms with E-state index in [9.17, 15) is 4.79 Å². The highest BCUT2D eigenvalue weighted by molar-refractivity contribution is 9.10. The average molecular weight is 281 g/mol. The summed E-state index contributed by atoms with van der Waals surface area (Å²) in [5, 5.41) is 0.981. The summed E-state index contributed by atoms with van der Waals surface area (Å²) in [5.41, 5.74) is 1.76. The number of carbonyl (C=O) groups excluding carboxylic acids is 1. The van der Waals surface area contributed by atoms with Gasteiger partial charge in [0.25, 0.3) is 6.47 Å². The molecule has 2 heterocycles. The number of hydrogen-bond donors (Lipinski definition) is 0. The Morgan fingerprint density at radius 1 is 1.38 bits per heavy atom. The van der Waals surface area contributed by atoms with Crippen LogP contribution in [0.1, 0.15) is 5.69 Å². The van der Waals surface area contributed by atoms with Gasteiger partial charge in [-0.25, -0.2) is 0 Å². The molecule has 0 aliphatic rings. The van der Waals surface area contributed by atoms with Gasteiger partial charge in [0.1, 0.15) is 0 Å². The standard InChI is InChI=1S/C11H9BrN2O2/c12-10-6-13-5-8-1-2-9(14-11(8)10)3-4-16-7-15/h1-2,5-7H,3-4H2. The van der Waals surface area contributed by atoms with E-state index in [4.69, 9.17) is 0 Å². The molecule has 0 unspecified atom stereocenters. The first-order valence-electron chi connectivity index (χ1n) is 4.75. The Bertz CT molecular complexity index is 516.